The lowest BCUT2D eigenvalue weighted by Crippen LogP contribution is -2.33. The summed E-state index contributed by atoms with van der Waals surface area (Å²) in [6.07, 6.45) is 3.44. The third kappa shape index (κ3) is 3.80. The van der Waals surface area contributed by atoms with Gasteiger partial charge in [0.05, 0.1) is 4.90 Å². The zero-order valence-corrected chi connectivity index (χ0v) is 12.5. The van der Waals surface area contributed by atoms with Crippen LogP contribution in [0.5, 0.6) is 0 Å². The Bertz CT molecular complexity index is 621. The molecule has 1 fully saturated rings. The van der Waals surface area contributed by atoms with Gasteiger partial charge in [-0.15, -0.1) is 0 Å². The maximum atomic E-state index is 12.1. The highest BCUT2D eigenvalue weighted by Gasteiger charge is 2.24. The molecular formula is C14H20N2O3S. The molecule has 6 heteroatoms. The minimum Gasteiger partial charge on any atom is -0.350 e. The molecule has 20 heavy (non-hydrogen) atoms. The van der Waals surface area contributed by atoms with Crippen LogP contribution in [0, 0.1) is 12.8 Å². The van der Waals surface area contributed by atoms with Gasteiger partial charge in [-0.1, -0.05) is 18.9 Å². The van der Waals surface area contributed by atoms with Crippen molar-refractivity contribution in [2.45, 2.75) is 44.0 Å². The predicted molar refractivity (Wildman–Crippen MR) is 76.8 cm³/mol. The number of nitrogens with two attached hydrogens (primary N) is 1. The van der Waals surface area contributed by atoms with Crippen molar-refractivity contribution in [2.75, 3.05) is 0 Å². The molecule has 2 rings (SSSR count). The molecule has 1 aromatic carbocycles. The van der Waals surface area contributed by atoms with Crippen molar-refractivity contribution in [1.29, 1.82) is 0 Å². The Morgan fingerprint density at radius 1 is 1.45 bits per heavy atom. The number of sulfonamides is 1. The number of hydrogen-bond acceptors (Lipinski definition) is 3. The Kier molecular flexibility index (Phi) is 4.15. The molecule has 1 saturated carbocycles. The third-order valence-corrected chi connectivity index (χ3v) is 4.57. The van der Waals surface area contributed by atoms with Crippen LogP contribution >= 0.6 is 0 Å². The van der Waals surface area contributed by atoms with Crippen molar-refractivity contribution < 1.29 is 13.2 Å². The normalized spacial score (nSPS) is 16.8. The number of hydrogen-bond donors (Lipinski definition) is 2. The fourth-order valence-electron chi connectivity index (χ4n) is 2.27. The first-order valence-corrected chi connectivity index (χ1v) is 8.26. The summed E-state index contributed by atoms with van der Waals surface area (Å²) in [6.45, 7) is 3.61. The van der Waals surface area contributed by atoms with Gasteiger partial charge in [0, 0.05) is 11.6 Å². The van der Waals surface area contributed by atoms with Gasteiger partial charge >= 0.3 is 0 Å². The maximum absolute atomic E-state index is 12.1. The van der Waals surface area contributed by atoms with E-state index in [0.29, 0.717) is 11.1 Å². The van der Waals surface area contributed by atoms with Crippen molar-refractivity contribution in [3.63, 3.8) is 0 Å². The monoisotopic (exact) mass is 296 g/mol. The molecule has 0 aliphatic heterocycles. The fraction of sp³-hybridized carbons (Fsp3) is 0.500. The van der Waals surface area contributed by atoms with Crippen molar-refractivity contribution >= 4 is 15.9 Å². The number of carbonyl (C=O) groups excluding carboxylic acids is 1. The number of aryl methyl sites for hydroxylation is 1. The van der Waals surface area contributed by atoms with Gasteiger partial charge < -0.3 is 5.32 Å². The van der Waals surface area contributed by atoms with Gasteiger partial charge in [0.15, 0.2) is 0 Å². The highest BCUT2D eigenvalue weighted by Crippen LogP contribution is 2.33. The lowest BCUT2D eigenvalue weighted by Gasteiger charge is -2.14. The molecule has 0 bridgehead atoms. The van der Waals surface area contributed by atoms with Crippen LogP contribution in [0.2, 0.25) is 0 Å². The number of nitrogens with one attached hydrogen (secondary N) is 1. The second-order valence-corrected chi connectivity index (χ2v) is 7.11. The topological polar surface area (TPSA) is 89.3 Å². The van der Waals surface area contributed by atoms with Crippen molar-refractivity contribution in [1.82, 2.24) is 5.32 Å². The van der Waals surface area contributed by atoms with E-state index in [9.17, 15) is 13.2 Å². The first-order valence-electron chi connectivity index (χ1n) is 6.71. The third-order valence-electron chi connectivity index (χ3n) is 3.52. The quantitative estimate of drug-likeness (QED) is 0.864. The Morgan fingerprint density at radius 2 is 2.10 bits per heavy atom. The molecule has 110 valence electrons. The Morgan fingerprint density at radius 3 is 2.65 bits per heavy atom. The largest absolute Gasteiger partial charge is 0.350 e. The van der Waals surface area contributed by atoms with Crippen molar-refractivity contribution in [3.05, 3.63) is 29.3 Å². The number of carbonyl (C=O) groups is 1. The molecule has 1 amide bonds. The molecule has 1 aromatic rings. The summed E-state index contributed by atoms with van der Waals surface area (Å²) in [5.74, 6) is 0.464. The van der Waals surface area contributed by atoms with Crippen LogP contribution in [-0.2, 0) is 10.0 Å². The smallest absolute Gasteiger partial charge is 0.251 e. The molecule has 1 unspecified atom stereocenters. The average molecular weight is 296 g/mol. The summed E-state index contributed by atoms with van der Waals surface area (Å²) in [5.41, 5.74) is 0.859. The first kappa shape index (κ1) is 15.0. The van der Waals surface area contributed by atoms with Gasteiger partial charge in [0.1, 0.15) is 0 Å². The minimum absolute atomic E-state index is 0.00000373. The van der Waals surface area contributed by atoms with Crippen LogP contribution in [0.3, 0.4) is 0 Å². The molecule has 1 aliphatic rings. The zero-order valence-electron chi connectivity index (χ0n) is 11.7. The highest BCUT2D eigenvalue weighted by molar-refractivity contribution is 7.89. The molecule has 0 heterocycles. The predicted octanol–water partition coefficient (Wildman–Crippen LogP) is 1.56. The van der Waals surface area contributed by atoms with Crippen LogP contribution in [0.1, 0.15) is 42.1 Å². The first-order chi connectivity index (χ1) is 9.27. The summed E-state index contributed by atoms with van der Waals surface area (Å²) >= 11 is 0. The van der Waals surface area contributed by atoms with E-state index in [1.807, 2.05) is 6.92 Å². The Hall–Kier alpha value is -1.40. The van der Waals surface area contributed by atoms with E-state index in [-0.39, 0.29) is 16.8 Å². The molecule has 0 aromatic heterocycles. The lowest BCUT2D eigenvalue weighted by atomic mass is 10.1. The van der Waals surface area contributed by atoms with Crippen LogP contribution in [0.4, 0.5) is 0 Å². The second-order valence-electron chi connectivity index (χ2n) is 5.58. The summed E-state index contributed by atoms with van der Waals surface area (Å²) in [6, 6.07) is 4.64. The van der Waals surface area contributed by atoms with Crippen LogP contribution in [0.25, 0.3) is 0 Å². The summed E-state index contributed by atoms with van der Waals surface area (Å²) in [4.78, 5) is 12.1. The number of rotatable bonds is 5. The number of primary sulfonamides is 1. The SMILES string of the molecule is Cc1ccc(C(=O)NC(C)CC2CC2)cc1S(N)(=O)=O. The molecular weight excluding hydrogens is 276 g/mol. The summed E-state index contributed by atoms with van der Waals surface area (Å²) in [5, 5.41) is 8.03. The highest BCUT2D eigenvalue weighted by atomic mass is 32.2. The van der Waals surface area contributed by atoms with E-state index in [1.165, 1.54) is 18.9 Å². The van der Waals surface area contributed by atoms with Crippen molar-refractivity contribution in [3.8, 4) is 0 Å². The van der Waals surface area contributed by atoms with Gasteiger partial charge in [-0.3, -0.25) is 4.79 Å². The Labute approximate surface area is 119 Å². The van der Waals surface area contributed by atoms with E-state index in [0.717, 1.165) is 12.3 Å². The molecule has 0 saturated heterocycles. The maximum Gasteiger partial charge on any atom is 0.251 e. The molecule has 5 nitrogen and oxygen atoms in total. The van der Waals surface area contributed by atoms with Crippen molar-refractivity contribution in [2.24, 2.45) is 11.1 Å². The fourth-order valence-corrected chi connectivity index (χ4v) is 3.08. The van der Waals surface area contributed by atoms with Crippen LogP contribution < -0.4 is 10.5 Å². The summed E-state index contributed by atoms with van der Waals surface area (Å²) < 4.78 is 22.9. The number of amides is 1. The average Bonchev–Trinajstić information content (AvgIpc) is 3.11. The number of benzene rings is 1. The molecule has 1 atom stereocenters. The van der Waals surface area contributed by atoms with E-state index < -0.39 is 10.0 Å². The van der Waals surface area contributed by atoms with Gasteiger partial charge in [-0.05, 0) is 43.9 Å². The van der Waals surface area contributed by atoms with Crippen LogP contribution in [0.15, 0.2) is 23.1 Å². The molecule has 3 N–H and O–H groups in total. The summed E-state index contributed by atoms with van der Waals surface area (Å²) in [7, 11) is -3.81. The van der Waals surface area contributed by atoms with Crippen LogP contribution in [-0.4, -0.2) is 20.4 Å². The van der Waals surface area contributed by atoms with Gasteiger partial charge in [-0.25, -0.2) is 13.6 Å². The van der Waals surface area contributed by atoms with E-state index in [2.05, 4.69) is 5.32 Å². The second kappa shape index (κ2) is 5.54. The standard InChI is InChI=1S/C14H20N2O3S/c1-9-3-6-12(8-13(9)20(15,18)19)14(17)16-10(2)7-11-4-5-11/h3,6,8,10-11H,4-5,7H2,1-2H3,(H,16,17)(H2,15,18,19). The zero-order chi connectivity index (χ0) is 14.9. The molecule has 0 spiro atoms. The van der Waals surface area contributed by atoms with E-state index in [1.54, 1.807) is 19.1 Å². The van der Waals surface area contributed by atoms with E-state index in [4.69, 9.17) is 5.14 Å². The molecule has 1 aliphatic carbocycles. The van der Waals surface area contributed by atoms with Gasteiger partial charge in [-0.2, -0.15) is 0 Å². The van der Waals surface area contributed by atoms with Gasteiger partial charge in [0.2, 0.25) is 10.0 Å². The lowest BCUT2D eigenvalue weighted by molar-refractivity contribution is 0.0937. The Balaban J connectivity index is 2.13. The molecule has 0 radical (unpaired) electrons. The van der Waals surface area contributed by atoms with Gasteiger partial charge in [0.25, 0.3) is 5.91 Å². The van der Waals surface area contributed by atoms with E-state index >= 15 is 0 Å². The minimum atomic E-state index is -3.81.